The second kappa shape index (κ2) is 14.4. The van der Waals surface area contributed by atoms with Crippen LogP contribution in [0.1, 0.15) is 27.4 Å². The van der Waals surface area contributed by atoms with Crippen molar-refractivity contribution in [3.8, 4) is 5.75 Å². The van der Waals surface area contributed by atoms with E-state index in [-0.39, 0.29) is 61.9 Å². The highest BCUT2D eigenvalue weighted by atomic mass is 35.5. The van der Waals surface area contributed by atoms with Gasteiger partial charge in [-0.15, -0.1) is 0 Å². The molecule has 0 radical (unpaired) electrons. The van der Waals surface area contributed by atoms with E-state index in [1.807, 2.05) is 18.2 Å². The van der Waals surface area contributed by atoms with Gasteiger partial charge in [0.25, 0.3) is 5.91 Å². The lowest BCUT2D eigenvalue weighted by Gasteiger charge is -2.24. The van der Waals surface area contributed by atoms with Crippen molar-refractivity contribution in [2.24, 2.45) is 0 Å². The van der Waals surface area contributed by atoms with Crippen LogP contribution >= 0.6 is 23.2 Å². The van der Waals surface area contributed by atoms with Crippen LogP contribution in [0.4, 0.5) is 4.79 Å². The summed E-state index contributed by atoms with van der Waals surface area (Å²) in [7, 11) is 1.44. The number of hydrogen-bond donors (Lipinski definition) is 1. The summed E-state index contributed by atoms with van der Waals surface area (Å²) in [6.45, 7) is -0.421. The molecule has 0 saturated heterocycles. The first-order valence-electron chi connectivity index (χ1n) is 11.4. The topological polar surface area (TPSA) is 130 Å². The van der Waals surface area contributed by atoms with Crippen molar-refractivity contribution in [3.63, 3.8) is 0 Å². The largest absolute Gasteiger partial charge is 0.530 e. The Morgan fingerprint density at radius 2 is 1.79 bits per heavy atom. The Kier molecular flexibility index (Phi) is 11.0. The van der Waals surface area contributed by atoms with Gasteiger partial charge in [0, 0.05) is 32.8 Å². The molecule has 3 aromatic rings. The molecular weight excluding hydrogens is 539 g/mol. The molecule has 0 aliphatic carbocycles. The molecule has 3 rings (SSSR count). The normalized spacial score (nSPS) is 10.7. The maximum absolute atomic E-state index is 13.7. The second-order valence-electron chi connectivity index (χ2n) is 7.95. The fourth-order valence-electron chi connectivity index (χ4n) is 3.38. The summed E-state index contributed by atoms with van der Waals surface area (Å²) in [5, 5.41) is 13.6. The fourth-order valence-corrected chi connectivity index (χ4v) is 3.70. The van der Waals surface area contributed by atoms with Gasteiger partial charge in [-0.2, -0.15) is 0 Å². The summed E-state index contributed by atoms with van der Waals surface area (Å²) in [5.74, 6) is -1.30. The number of carbonyl (C=O) groups is 2. The van der Waals surface area contributed by atoms with Gasteiger partial charge in [0.15, 0.2) is 0 Å². The van der Waals surface area contributed by atoms with Gasteiger partial charge in [0.2, 0.25) is 16.9 Å². The van der Waals surface area contributed by atoms with Gasteiger partial charge >= 0.3 is 0 Å². The van der Waals surface area contributed by atoms with Crippen molar-refractivity contribution in [1.82, 2.24) is 10.2 Å². The van der Waals surface area contributed by atoms with E-state index in [2.05, 4.69) is 5.32 Å². The third-order valence-corrected chi connectivity index (χ3v) is 5.86. The van der Waals surface area contributed by atoms with Gasteiger partial charge < -0.3 is 38.7 Å². The molecule has 0 bridgehead atoms. The highest BCUT2D eigenvalue weighted by Gasteiger charge is 2.26. The summed E-state index contributed by atoms with van der Waals surface area (Å²) < 4.78 is 21.7. The zero-order valence-electron chi connectivity index (χ0n) is 20.4. The van der Waals surface area contributed by atoms with E-state index in [4.69, 9.17) is 41.8 Å². The highest BCUT2D eigenvalue weighted by molar-refractivity contribution is 6.42. The number of nitrogens with one attached hydrogen (secondary N) is 1. The van der Waals surface area contributed by atoms with E-state index in [0.717, 1.165) is 5.56 Å². The SMILES string of the molecule is COCOCc1cc(=O)c(OCc2ccccc2)c(C(=O)N(CCNC(=O)[O-])Cc2ccc(Cl)c(Cl)c2)o1. The molecule has 1 heterocycles. The van der Waals surface area contributed by atoms with Crippen LogP contribution in [0, 0.1) is 0 Å². The minimum Gasteiger partial charge on any atom is -0.530 e. The first-order chi connectivity index (χ1) is 18.3. The molecule has 2 amide bonds. The Bertz CT molecular complexity index is 1300. The van der Waals surface area contributed by atoms with Crippen molar-refractivity contribution in [3.05, 3.63) is 97.5 Å². The van der Waals surface area contributed by atoms with E-state index in [1.54, 1.807) is 30.3 Å². The molecule has 2 aromatic carbocycles. The number of amides is 2. The van der Waals surface area contributed by atoms with Crippen molar-refractivity contribution in [2.45, 2.75) is 19.8 Å². The number of methoxy groups -OCH3 is 1. The van der Waals surface area contributed by atoms with Crippen LogP contribution in [0.25, 0.3) is 0 Å². The minimum absolute atomic E-state index is 0.00329. The van der Waals surface area contributed by atoms with Crippen molar-refractivity contribution < 1.29 is 33.3 Å². The molecule has 0 unspecified atom stereocenters. The van der Waals surface area contributed by atoms with E-state index >= 15 is 0 Å². The van der Waals surface area contributed by atoms with E-state index in [9.17, 15) is 19.5 Å². The van der Waals surface area contributed by atoms with Crippen LogP contribution in [-0.4, -0.2) is 43.9 Å². The van der Waals surface area contributed by atoms with Gasteiger partial charge in [-0.3, -0.25) is 9.59 Å². The van der Waals surface area contributed by atoms with Gasteiger partial charge in [-0.25, -0.2) is 0 Å². The number of hydrogen-bond acceptors (Lipinski definition) is 8. The van der Waals surface area contributed by atoms with Gasteiger partial charge in [0.1, 0.15) is 31.9 Å². The molecule has 0 saturated carbocycles. The monoisotopic (exact) mass is 563 g/mol. The number of benzene rings is 2. The molecule has 12 heteroatoms. The van der Waals surface area contributed by atoms with Gasteiger partial charge in [-0.1, -0.05) is 59.6 Å². The van der Waals surface area contributed by atoms with Gasteiger partial charge in [0.05, 0.1) is 10.0 Å². The average Bonchev–Trinajstić information content (AvgIpc) is 2.89. The molecule has 10 nitrogen and oxygen atoms in total. The Morgan fingerprint density at radius 1 is 1.03 bits per heavy atom. The highest BCUT2D eigenvalue weighted by Crippen LogP contribution is 2.25. The predicted molar refractivity (Wildman–Crippen MR) is 137 cm³/mol. The number of nitrogens with zero attached hydrogens (tertiary/aromatic N) is 1. The Hall–Kier alpha value is -3.57. The lowest BCUT2D eigenvalue weighted by atomic mass is 10.2. The molecule has 1 aromatic heterocycles. The fraction of sp³-hybridized carbons (Fsp3) is 0.269. The first-order valence-corrected chi connectivity index (χ1v) is 12.1. The van der Waals surface area contributed by atoms with E-state index in [0.29, 0.717) is 10.6 Å². The lowest BCUT2D eigenvalue weighted by Crippen LogP contribution is -2.43. The Morgan fingerprint density at radius 3 is 2.47 bits per heavy atom. The average molecular weight is 564 g/mol. The second-order valence-corrected chi connectivity index (χ2v) is 8.77. The van der Waals surface area contributed by atoms with E-state index < -0.39 is 17.4 Å². The lowest BCUT2D eigenvalue weighted by molar-refractivity contribution is -0.250. The number of halogens is 2. The molecule has 1 N–H and O–H groups in total. The zero-order chi connectivity index (χ0) is 27.5. The molecule has 0 aliphatic heterocycles. The van der Waals surface area contributed by atoms with Gasteiger partial charge in [-0.05, 0) is 23.3 Å². The molecule has 0 aliphatic rings. The van der Waals surface area contributed by atoms with Crippen LogP contribution in [-0.2, 0) is 29.2 Å². The standard InChI is InChI=1S/C26H26Cl2N2O8/c1-35-16-36-15-19-12-22(31)23(37-14-17-5-3-2-4-6-17)24(38-19)25(32)30(10-9-29-26(33)34)13-18-7-8-20(27)21(28)11-18/h2-8,11-12,29H,9-10,13-16H2,1H3,(H,33,34)/p-1. The van der Waals surface area contributed by atoms with Crippen LogP contribution in [0.5, 0.6) is 5.75 Å². The van der Waals surface area contributed by atoms with Crippen LogP contribution in [0.3, 0.4) is 0 Å². The number of rotatable bonds is 13. The Balaban J connectivity index is 1.97. The molecule has 38 heavy (non-hydrogen) atoms. The molecule has 0 fully saturated rings. The first kappa shape index (κ1) is 29.0. The maximum atomic E-state index is 13.7. The van der Waals surface area contributed by atoms with E-state index in [1.165, 1.54) is 18.1 Å². The third kappa shape index (κ3) is 8.49. The molecule has 0 atom stereocenters. The summed E-state index contributed by atoms with van der Waals surface area (Å²) in [4.78, 5) is 38.9. The Labute approximate surface area is 228 Å². The minimum atomic E-state index is -1.50. The summed E-state index contributed by atoms with van der Waals surface area (Å²) in [6, 6.07) is 15.1. The summed E-state index contributed by atoms with van der Waals surface area (Å²) >= 11 is 12.1. The maximum Gasteiger partial charge on any atom is 0.294 e. The summed E-state index contributed by atoms with van der Waals surface area (Å²) in [6.07, 6.45) is -1.50. The molecule has 202 valence electrons. The van der Waals surface area contributed by atoms with Crippen molar-refractivity contribution in [2.75, 3.05) is 27.0 Å². The van der Waals surface area contributed by atoms with Crippen molar-refractivity contribution >= 4 is 35.2 Å². The number of ether oxygens (including phenoxy) is 3. The smallest absolute Gasteiger partial charge is 0.294 e. The quantitative estimate of drug-likeness (QED) is 0.248. The third-order valence-electron chi connectivity index (χ3n) is 5.12. The summed E-state index contributed by atoms with van der Waals surface area (Å²) in [5.41, 5.74) is 0.785. The number of carboxylic acid groups (broad SMARTS) is 1. The van der Waals surface area contributed by atoms with Crippen LogP contribution in [0.2, 0.25) is 10.0 Å². The van der Waals surface area contributed by atoms with Crippen LogP contribution in [0.15, 0.2) is 63.8 Å². The predicted octanol–water partition coefficient (Wildman–Crippen LogP) is 3.22. The zero-order valence-corrected chi connectivity index (χ0v) is 21.9. The van der Waals surface area contributed by atoms with Crippen molar-refractivity contribution in [1.29, 1.82) is 0 Å². The molecule has 0 spiro atoms. The van der Waals surface area contributed by atoms with Crippen LogP contribution < -0.4 is 20.6 Å². The number of carbonyl (C=O) groups excluding carboxylic acids is 2. The molecular formula is C26H25Cl2N2O8-.